The van der Waals surface area contributed by atoms with Crippen LogP contribution in [-0.2, 0) is 4.79 Å². The highest BCUT2D eigenvalue weighted by atomic mass is 16.5. The fourth-order valence-electron chi connectivity index (χ4n) is 2.44. The van der Waals surface area contributed by atoms with Gasteiger partial charge >= 0.3 is 0 Å². The Morgan fingerprint density at radius 1 is 1.42 bits per heavy atom. The van der Waals surface area contributed by atoms with Crippen LogP contribution in [0.25, 0.3) is 0 Å². The Labute approximate surface area is 113 Å². The molecular formula is C15H20N2O2. The molecule has 1 amide bonds. The van der Waals surface area contributed by atoms with Gasteiger partial charge in [-0.1, -0.05) is 6.07 Å². The number of pyridine rings is 1. The second-order valence-electron chi connectivity index (χ2n) is 5.69. The molecule has 4 nitrogen and oxygen atoms in total. The summed E-state index contributed by atoms with van der Waals surface area (Å²) in [5, 5.41) is 0. The maximum absolute atomic E-state index is 12.0. The molecule has 1 aromatic rings. The van der Waals surface area contributed by atoms with Crippen molar-refractivity contribution >= 4 is 5.91 Å². The van der Waals surface area contributed by atoms with Crippen LogP contribution in [0.15, 0.2) is 18.3 Å². The maximum Gasteiger partial charge on any atom is 0.222 e. The van der Waals surface area contributed by atoms with Gasteiger partial charge in [0.25, 0.3) is 0 Å². The van der Waals surface area contributed by atoms with Crippen molar-refractivity contribution in [2.24, 2.45) is 5.92 Å². The first kappa shape index (κ1) is 12.5. The average molecular weight is 260 g/mol. The predicted molar refractivity (Wildman–Crippen MR) is 71.9 cm³/mol. The molecule has 1 aliphatic carbocycles. The van der Waals surface area contributed by atoms with Crippen molar-refractivity contribution in [3.63, 3.8) is 0 Å². The number of aryl methyl sites for hydroxylation is 1. The lowest BCUT2D eigenvalue weighted by atomic mass is 10.2. The van der Waals surface area contributed by atoms with Gasteiger partial charge in [-0.05, 0) is 31.2 Å². The molecule has 19 heavy (non-hydrogen) atoms. The number of carbonyl (C=O) groups is 1. The molecule has 1 unspecified atom stereocenters. The summed E-state index contributed by atoms with van der Waals surface area (Å²) in [7, 11) is 0. The van der Waals surface area contributed by atoms with E-state index < -0.39 is 0 Å². The molecule has 2 aliphatic rings. The van der Waals surface area contributed by atoms with E-state index in [0.29, 0.717) is 24.2 Å². The third-order valence-electron chi connectivity index (χ3n) is 3.83. The van der Waals surface area contributed by atoms with Gasteiger partial charge in [0.05, 0.1) is 6.54 Å². The third kappa shape index (κ3) is 3.25. The number of amides is 1. The Hall–Kier alpha value is -1.58. The summed E-state index contributed by atoms with van der Waals surface area (Å²) in [6.45, 7) is 3.54. The zero-order valence-electron chi connectivity index (χ0n) is 11.3. The normalized spacial score (nSPS) is 22.6. The van der Waals surface area contributed by atoms with E-state index in [-0.39, 0.29) is 6.10 Å². The van der Waals surface area contributed by atoms with Gasteiger partial charge in [0.2, 0.25) is 11.8 Å². The smallest absolute Gasteiger partial charge is 0.222 e. The van der Waals surface area contributed by atoms with E-state index in [4.69, 9.17) is 4.74 Å². The third-order valence-corrected chi connectivity index (χ3v) is 3.83. The second-order valence-corrected chi connectivity index (χ2v) is 5.69. The van der Waals surface area contributed by atoms with Gasteiger partial charge in [-0.15, -0.1) is 0 Å². The van der Waals surface area contributed by atoms with Crippen molar-refractivity contribution in [1.29, 1.82) is 0 Å². The van der Waals surface area contributed by atoms with Crippen molar-refractivity contribution in [3.05, 3.63) is 23.9 Å². The van der Waals surface area contributed by atoms with E-state index >= 15 is 0 Å². The highest BCUT2D eigenvalue weighted by Crippen LogP contribution is 2.33. The van der Waals surface area contributed by atoms with Gasteiger partial charge in [0, 0.05) is 31.6 Å². The van der Waals surface area contributed by atoms with E-state index in [1.54, 1.807) is 6.20 Å². The van der Waals surface area contributed by atoms with Crippen LogP contribution in [0.5, 0.6) is 5.88 Å². The quantitative estimate of drug-likeness (QED) is 0.833. The minimum atomic E-state index is 0.0957. The summed E-state index contributed by atoms with van der Waals surface area (Å²) >= 11 is 0. The first-order chi connectivity index (χ1) is 9.20. The van der Waals surface area contributed by atoms with Gasteiger partial charge in [0.15, 0.2) is 0 Å². The van der Waals surface area contributed by atoms with Crippen LogP contribution >= 0.6 is 0 Å². The Kier molecular flexibility index (Phi) is 3.40. The lowest BCUT2D eigenvalue weighted by molar-refractivity contribution is -0.130. The Morgan fingerprint density at radius 3 is 2.95 bits per heavy atom. The fraction of sp³-hybridized carbons (Fsp3) is 0.600. The first-order valence-corrected chi connectivity index (χ1v) is 7.08. The molecule has 0 spiro atoms. The largest absolute Gasteiger partial charge is 0.472 e. The van der Waals surface area contributed by atoms with Crippen molar-refractivity contribution < 1.29 is 9.53 Å². The average Bonchev–Trinajstić information content (AvgIpc) is 3.08. The number of likely N-dealkylation sites (tertiary alicyclic amines) is 1. The number of aromatic nitrogens is 1. The molecule has 1 saturated heterocycles. The molecule has 0 aromatic carbocycles. The van der Waals surface area contributed by atoms with Gasteiger partial charge in [0.1, 0.15) is 6.10 Å². The summed E-state index contributed by atoms with van der Waals surface area (Å²) in [6, 6.07) is 3.89. The lowest BCUT2D eigenvalue weighted by Gasteiger charge is -2.16. The zero-order chi connectivity index (χ0) is 13.2. The molecule has 0 N–H and O–H groups in total. The van der Waals surface area contributed by atoms with E-state index in [9.17, 15) is 4.79 Å². The molecule has 1 aromatic heterocycles. The first-order valence-electron chi connectivity index (χ1n) is 7.08. The van der Waals surface area contributed by atoms with E-state index in [0.717, 1.165) is 24.9 Å². The number of nitrogens with zero attached hydrogens (tertiary/aromatic N) is 2. The molecule has 1 aliphatic heterocycles. The van der Waals surface area contributed by atoms with Gasteiger partial charge in [-0.2, -0.15) is 0 Å². The summed E-state index contributed by atoms with van der Waals surface area (Å²) in [6.07, 6.45) is 6.00. The molecule has 0 bridgehead atoms. The fourth-order valence-corrected chi connectivity index (χ4v) is 2.44. The Bertz CT molecular complexity index is 454. The predicted octanol–water partition coefficient (Wildman–Crippen LogP) is 2.17. The second kappa shape index (κ2) is 5.19. The highest BCUT2D eigenvalue weighted by Gasteiger charge is 2.31. The molecule has 3 rings (SSSR count). The van der Waals surface area contributed by atoms with Gasteiger partial charge < -0.3 is 9.64 Å². The highest BCUT2D eigenvalue weighted by molar-refractivity contribution is 5.77. The molecule has 2 heterocycles. The maximum atomic E-state index is 12.0. The van der Waals surface area contributed by atoms with E-state index in [2.05, 4.69) is 4.98 Å². The summed E-state index contributed by atoms with van der Waals surface area (Å²) in [5.74, 6) is 1.61. The van der Waals surface area contributed by atoms with Crippen LogP contribution in [0.1, 0.15) is 31.2 Å². The standard InChI is InChI=1S/C15H20N2O2/c1-11-2-5-14(16-9-11)19-13-6-7-17(10-13)15(18)8-12-3-4-12/h2,5,9,12-13H,3-4,6-8,10H2,1H3. The molecule has 0 radical (unpaired) electrons. The molecule has 102 valence electrons. The topological polar surface area (TPSA) is 42.4 Å². The number of hydrogen-bond donors (Lipinski definition) is 0. The Morgan fingerprint density at radius 2 is 2.26 bits per heavy atom. The molecule has 2 fully saturated rings. The molecule has 1 atom stereocenters. The van der Waals surface area contributed by atoms with Crippen LogP contribution in [0, 0.1) is 12.8 Å². The minimum absolute atomic E-state index is 0.0957. The SMILES string of the molecule is Cc1ccc(OC2CCN(C(=O)CC3CC3)C2)nc1. The number of ether oxygens (including phenoxy) is 1. The van der Waals surface area contributed by atoms with Crippen molar-refractivity contribution in [3.8, 4) is 5.88 Å². The number of carbonyl (C=O) groups excluding carboxylic acids is 1. The van der Waals surface area contributed by atoms with E-state index in [1.807, 2.05) is 24.0 Å². The summed E-state index contributed by atoms with van der Waals surface area (Å²) in [5.41, 5.74) is 1.13. The van der Waals surface area contributed by atoms with Gasteiger partial charge in [-0.3, -0.25) is 4.79 Å². The summed E-state index contributed by atoms with van der Waals surface area (Å²) in [4.78, 5) is 18.2. The van der Waals surface area contributed by atoms with Crippen molar-refractivity contribution in [2.75, 3.05) is 13.1 Å². The van der Waals surface area contributed by atoms with Crippen molar-refractivity contribution in [1.82, 2.24) is 9.88 Å². The van der Waals surface area contributed by atoms with Crippen molar-refractivity contribution in [2.45, 2.75) is 38.7 Å². The molecular weight excluding hydrogens is 240 g/mol. The van der Waals surface area contributed by atoms with Crippen LogP contribution in [0.2, 0.25) is 0 Å². The minimum Gasteiger partial charge on any atom is -0.472 e. The number of hydrogen-bond acceptors (Lipinski definition) is 3. The van der Waals surface area contributed by atoms with E-state index in [1.165, 1.54) is 12.8 Å². The monoisotopic (exact) mass is 260 g/mol. The number of rotatable bonds is 4. The van der Waals surface area contributed by atoms with Crippen LogP contribution in [0.4, 0.5) is 0 Å². The van der Waals surface area contributed by atoms with Crippen LogP contribution in [-0.4, -0.2) is 35.0 Å². The zero-order valence-corrected chi connectivity index (χ0v) is 11.3. The Balaban J connectivity index is 1.50. The molecule has 1 saturated carbocycles. The lowest BCUT2D eigenvalue weighted by Crippen LogP contribution is -2.31. The van der Waals surface area contributed by atoms with Crippen LogP contribution < -0.4 is 4.74 Å². The summed E-state index contributed by atoms with van der Waals surface area (Å²) < 4.78 is 5.83. The van der Waals surface area contributed by atoms with Gasteiger partial charge in [-0.25, -0.2) is 4.98 Å². The molecule has 4 heteroatoms. The van der Waals surface area contributed by atoms with Crippen LogP contribution in [0.3, 0.4) is 0 Å².